The predicted molar refractivity (Wildman–Crippen MR) is 85.1 cm³/mol. The van der Waals surface area contributed by atoms with Gasteiger partial charge in [-0.25, -0.2) is 5.48 Å². The molecule has 0 amide bonds. The molecule has 0 aliphatic heterocycles. The van der Waals surface area contributed by atoms with Crippen molar-refractivity contribution < 1.29 is 14.7 Å². The zero-order valence-electron chi connectivity index (χ0n) is 12.4. The molecule has 0 bridgehead atoms. The number of hydroxylamine groups is 1. The van der Waals surface area contributed by atoms with E-state index in [0.29, 0.717) is 19.6 Å². The van der Waals surface area contributed by atoms with Crippen molar-refractivity contribution in [3.8, 4) is 0 Å². The monoisotopic (exact) mass is 299 g/mol. The van der Waals surface area contributed by atoms with Crippen molar-refractivity contribution in [1.82, 2.24) is 5.48 Å². The molecular formula is C18H21NO3. The van der Waals surface area contributed by atoms with Crippen molar-refractivity contribution >= 4 is 5.97 Å². The summed E-state index contributed by atoms with van der Waals surface area (Å²) in [5, 5.41) is 9.27. The van der Waals surface area contributed by atoms with Crippen LogP contribution in [0.3, 0.4) is 0 Å². The fourth-order valence-electron chi connectivity index (χ4n) is 2.17. The minimum absolute atomic E-state index is 0.301. The number of carboxylic acids is 1. The van der Waals surface area contributed by atoms with E-state index in [9.17, 15) is 9.90 Å². The van der Waals surface area contributed by atoms with E-state index >= 15 is 0 Å². The molecule has 0 aromatic heterocycles. The van der Waals surface area contributed by atoms with Gasteiger partial charge in [0.15, 0.2) is 0 Å². The van der Waals surface area contributed by atoms with E-state index in [-0.39, 0.29) is 0 Å². The number of hydrogen-bond acceptors (Lipinski definition) is 3. The van der Waals surface area contributed by atoms with Crippen molar-refractivity contribution in [3.05, 3.63) is 71.8 Å². The molecule has 1 unspecified atom stereocenters. The van der Waals surface area contributed by atoms with Crippen molar-refractivity contribution in [2.45, 2.75) is 19.4 Å². The fraction of sp³-hybridized carbons (Fsp3) is 0.278. The molecule has 4 heteroatoms. The second kappa shape index (κ2) is 8.97. The standard InChI is InChI=1S/C18H21NO3/c20-18(21)17(12-11-15-7-3-1-4-8-15)13-19-22-14-16-9-5-2-6-10-16/h1-10,17,19H,11-14H2,(H,20,21). The molecule has 2 N–H and O–H groups in total. The van der Waals surface area contributed by atoms with Crippen LogP contribution >= 0.6 is 0 Å². The van der Waals surface area contributed by atoms with Crippen LogP contribution in [0.4, 0.5) is 0 Å². The molecule has 0 saturated carbocycles. The van der Waals surface area contributed by atoms with Crippen LogP contribution in [0.15, 0.2) is 60.7 Å². The number of carboxylic acid groups (broad SMARTS) is 1. The van der Waals surface area contributed by atoms with Crippen LogP contribution in [0.5, 0.6) is 0 Å². The third kappa shape index (κ3) is 5.68. The van der Waals surface area contributed by atoms with Gasteiger partial charge in [-0.15, -0.1) is 0 Å². The molecule has 1 atom stereocenters. The first-order valence-corrected chi connectivity index (χ1v) is 7.41. The summed E-state index contributed by atoms with van der Waals surface area (Å²) in [5.41, 5.74) is 4.97. The van der Waals surface area contributed by atoms with Gasteiger partial charge in [0.25, 0.3) is 0 Å². The number of rotatable bonds is 9. The van der Waals surface area contributed by atoms with Gasteiger partial charge in [0.2, 0.25) is 0 Å². The summed E-state index contributed by atoms with van der Waals surface area (Å²) in [7, 11) is 0. The van der Waals surface area contributed by atoms with Crippen molar-refractivity contribution in [3.63, 3.8) is 0 Å². The molecule has 0 spiro atoms. The molecule has 2 aromatic carbocycles. The third-order valence-electron chi connectivity index (χ3n) is 3.49. The van der Waals surface area contributed by atoms with Gasteiger partial charge in [0.05, 0.1) is 12.5 Å². The second-order valence-electron chi connectivity index (χ2n) is 5.18. The fourth-order valence-corrected chi connectivity index (χ4v) is 2.17. The smallest absolute Gasteiger partial charge is 0.307 e. The highest BCUT2D eigenvalue weighted by Gasteiger charge is 2.17. The Labute approximate surface area is 130 Å². The van der Waals surface area contributed by atoms with Crippen LogP contribution in [0, 0.1) is 5.92 Å². The highest BCUT2D eigenvalue weighted by molar-refractivity contribution is 5.70. The van der Waals surface area contributed by atoms with E-state index in [1.165, 1.54) is 0 Å². The summed E-state index contributed by atoms with van der Waals surface area (Å²) in [6.45, 7) is 0.723. The van der Waals surface area contributed by atoms with E-state index in [1.54, 1.807) is 0 Å². The third-order valence-corrected chi connectivity index (χ3v) is 3.49. The molecule has 4 nitrogen and oxygen atoms in total. The average Bonchev–Trinajstić information content (AvgIpc) is 2.55. The second-order valence-corrected chi connectivity index (χ2v) is 5.18. The molecule has 116 valence electrons. The largest absolute Gasteiger partial charge is 0.481 e. The maximum atomic E-state index is 11.3. The summed E-state index contributed by atoms with van der Waals surface area (Å²) in [4.78, 5) is 16.6. The maximum Gasteiger partial charge on any atom is 0.307 e. The highest BCUT2D eigenvalue weighted by Crippen LogP contribution is 2.10. The van der Waals surface area contributed by atoms with Crippen molar-refractivity contribution in [2.75, 3.05) is 6.54 Å². The lowest BCUT2D eigenvalue weighted by molar-refractivity contribution is -0.143. The number of nitrogens with one attached hydrogen (secondary N) is 1. The lowest BCUT2D eigenvalue weighted by atomic mass is 10.00. The van der Waals surface area contributed by atoms with Gasteiger partial charge >= 0.3 is 5.97 Å². The minimum Gasteiger partial charge on any atom is -0.481 e. The Morgan fingerprint density at radius 2 is 1.59 bits per heavy atom. The molecule has 0 fully saturated rings. The Morgan fingerprint density at radius 1 is 1.00 bits per heavy atom. The quantitative estimate of drug-likeness (QED) is 0.552. The first kappa shape index (κ1) is 16.2. The Morgan fingerprint density at radius 3 is 2.18 bits per heavy atom. The van der Waals surface area contributed by atoms with Gasteiger partial charge in [0, 0.05) is 6.54 Å². The van der Waals surface area contributed by atoms with Crippen LogP contribution in [-0.4, -0.2) is 17.6 Å². The average molecular weight is 299 g/mol. The molecule has 0 aliphatic carbocycles. The normalized spacial score (nSPS) is 12.0. The van der Waals surface area contributed by atoms with Gasteiger partial charge in [-0.05, 0) is 24.0 Å². The van der Waals surface area contributed by atoms with Crippen LogP contribution in [-0.2, 0) is 22.7 Å². The molecule has 22 heavy (non-hydrogen) atoms. The van der Waals surface area contributed by atoms with Gasteiger partial charge in [-0.1, -0.05) is 60.7 Å². The SMILES string of the molecule is O=C(O)C(CCc1ccccc1)CNOCc1ccccc1. The van der Waals surface area contributed by atoms with E-state index in [0.717, 1.165) is 17.5 Å². The Hall–Kier alpha value is -2.17. The van der Waals surface area contributed by atoms with Crippen LogP contribution in [0.1, 0.15) is 17.5 Å². The zero-order chi connectivity index (χ0) is 15.6. The molecule has 0 radical (unpaired) electrons. The topological polar surface area (TPSA) is 58.6 Å². The van der Waals surface area contributed by atoms with Crippen LogP contribution < -0.4 is 5.48 Å². The molecule has 2 rings (SSSR count). The molecule has 2 aromatic rings. The number of carbonyl (C=O) groups is 1. The maximum absolute atomic E-state index is 11.3. The van der Waals surface area contributed by atoms with Gasteiger partial charge in [0.1, 0.15) is 0 Å². The number of hydrogen-bond donors (Lipinski definition) is 2. The Kier molecular flexibility index (Phi) is 6.61. The number of benzene rings is 2. The molecule has 0 saturated heterocycles. The predicted octanol–water partition coefficient (Wildman–Crippen LogP) is 3.04. The van der Waals surface area contributed by atoms with Gasteiger partial charge < -0.3 is 5.11 Å². The summed E-state index contributed by atoms with van der Waals surface area (Å²) in [6, 6.07) is 19.7. The van der Waals surface area contributed by atoms with E-state index in [4.69, 9.17) is 4.84 Å². The molecule has 0 heterocycles. The Bertz CT molecular complexity index is 557. The first-order chi connectivity index (χ1) is 10.8. The summed E-state index contributed by atoms with van der Waals surface area (Å²) in [5.74, 6) is -1.26. The van der Waals surface area contributed by atoms with Gasteiger partial charge in [-0.3, -0.25) is 9.63 Å². The number of aryl methyl sites for hydroxylation is 1. The van der Waals surface area contributed by atoms with E-state index in [2.05, 4.69) is 5.48 Å². The summed E-state index contributed by atoms with van der Waals surface area (Å²) >= 11 is 0. The van der Waals surface area contributed by atoms with E-state index < -0.39 is 11.9 Å². The lowest BCUT2D eigenvalue weighted by Gasteiger charge is -2.13. The minimum atomic E-state index is -0.799. The number of aliphatic carboxylic acids is 1. The van der Waals surface area contributed by atoms with Crippen LogP contribution in [0.2, 0.25) is 0 Å². The zero-order valence-corrected chi connectivity index (χ0v) is 12.4. The van der Waals surface area contributed by atoms with Crippen molar-refractivity contribution in [2.24, 2.45) is 5.92 Å². The lowest BCUT2D eigenvalue weighted by Crippen LogP contribution is -2.29. The molecular weight excluding hydrogens is 278 g/mol. The first-order valence-electron chi connectivity index (χ1n) is 7.41. The summed E-state index contributed by atoms with van der Waals surface area (Å²) < 4.78 is 0. The summed E-state index contributed by atoms with van der Waals surface area (Å²) in [6.07, 6.45) is 1.33. The van der Waals surface area contributed by atoms with Gasteiger partial charge in [-0.2, -0.15) is 0 Å². The molecule has 0 aliphatic rings. The van der Waals surface area contributed by atoms with Crippen molar-refractivity contribution in [1.29, 1.82) is 0 Å². The van der Waals surface area contributed by atoms with E-state index in [1.807, 2.05) is 60.7 Å². The van der Waals surface area contributed by atoms with Crippen LogP contribution in [0.25, 0.3) is 0 Å². The Balaban J connectivity index is 1.71. The highest BCUT2D eigenvalue weighted by atomic mass is 16.6.